The number of carbonyl (C=O) groups is 1. The second-order valence-corrected chi connectivity index (χ2v) is 2.97. The van der Waals surface area contributed by atoms with Crippen molar-refractivity contribution >= 4 is 12.0 Å². The zero-order valence-corrected chi connectivity index (χ0v) is 9.01. The molecule has 0 saturated heterocycles. The molecule has 0 amide bonds. The molecule has 0 atom stereocenters. The number of esters is 1. The summed E-state index contributed by atoms with van der Waals surface area (Å²) in [5.41, 5.74) is 9.10. The predicted octanol–water partition coefficient (Wildman–Crippen LogP) is 2.80. The van der Waals surface area contributed by atoms with Crippen LogP contribution in [0.1, 0.15) is 18.2 Å². The number of carbonyl (C=O) groups excluding carboxylic acids is 1. The van der Waals surface area contributed by atoms with Crippen LogP contribution in [0.15, 0.2) is 27.6 Å². The van der Waals surface area contributed by atoms with Crippen molar-refractivity contribution in [3.8, 4) is 0 Å². The Kier molecular flexibility index (Phi) is 4.17. The van der Waals surface area contributed by atoms with Gasteiger partial charge in [-0.3, -0.25) is 0 Å². The molecule has 0 saturated carbocycles. The normalized spacial score (nSPS) is 10.8. The van der Waals surface area contributed by atoms with Crippen LogP contribution in [0, 0.1) is 6.92 Å². The third-order valence-electron chi connectivity index (χ3n) is 1.67. The summed E-state index contributed by atoms with van der Waals surface area (Å²) in [5.74, 6) is -0.234. The molecule has 6 heteroatoms. The van der Waals surface area contributed by atoms with Gasteiger partial charge >= 0.3 is 5.97 Å². The second kappa shape index (κ2) is 5.63. The zero-order chi connectivity index (χ0) is 12.0. The molecule has 0 radical (unpaired) electrons. The van der Waals surface area contributed by atoms with E-state index >= 15 is 0 Å². The molecule has 0 aromatic carbocycles. The van der Waals surface area contributed by atoms with Gasteiger partial charge in [-0.2, -0.15) is 0 Å². The maximum absolute atomic E-state index is 11.3. The van der Waals surface area contributed by atoms with E-state index < -0.39 is 5.97 Å². The van der Waals surface area contributed by atoms with Gasteiger partial charge in [0.2, 0.25) is 0 Å². The molecule has 0 spiro atoms. The van der Waals surface area contributed by atoms with Gasteiger partial charge in [0.1, 0.15) is 11.5 Å². The van der Waals surface area contributed by atoms with Crippen molar-refractivity contribution < 1.29 is 13.9 Å². The quantitative estimate of drug-likeness (QED) is 0.257. The van der Waals surface area contributed by atoms with Crippen LogP contribution in [0.2, 0.25) is 0 Å². The molecule has 16 heavy (non-hydrogen) atoms. The molecule has 0 fully saturated rings. The van der Waals surface area contributed by atoms with Gasteiger partial charge in [-0.15, -0.1) is 0 Å². The lowest BCUT2D eigenvalue weighted by molar-refractivity contribution is -0.138. The van der Waals surface area contributed by atoms with Crippen LogP contribution in [-0.2, 0) is 9.53 Å². The molecular weight excluding hydrogens is 210 g/mol. The third kappa shape index (κ3) is 3.18. The summed E-state index contributed by atoms with van der Waals surface area (Å²) in [6.45, 7) is 3.73. The lowest BCUT2D eigenvalue weighted by atomic mass is 10.3. The maximum atomic E-state index is 11.3. The van der Waals surface area contributed by atoms with Crippen molar-refractivity contribution in [1.82, 2.24) is 0 Å². The van der Waals surface area contributed by atoms with Crippen molar-refractivity contribution in [2.24, 2.45) is 5.11 Å². The minimum Gasteiger partial charge on any atom is -0.465 e. The van der Waals surface area contributed by atoms with Crippen LogP contribution in [0.3, 0.4) is 0 Å². The number of furan rings is 1. The van der Waals surface area contributed by atoms with Crippen LogP contribution in [0.4, 0.5) is 0 Å². The Morgan fingerprint density at radius 2 is 2.50 bits per heavy atom. The number of nitrogens with zero attached hydrogens (tertiary/aromatic N) is 3. The number of azide groups is 1. The van der Waals surface area contributed by atoms with Crippen molar-refractivity contribution in [2.45, 2.75) is 13.8 Å². The van der Waals surface area contributed by atoms with E-state index in [1.165, 1.54) is 12.3 Å². The minimum absolute atomic E-state index is 0.126. The van der Waals surface area contributed by atoms with Gasteiger partial charge in [0, 0.05) is 4.91 Å². The standard InChI is InChI=1S/C10H11N3O3/c1-3-15-10(14)9(12-13-11)5-8-4-7(2)6-16-8/h4-6H,3H2,1-2H3. The van der Waals surface area contributed by atoms with E-state index in [9.17, 15) is 4.79 Å². The Labute approximate surface area is 92.1 Å². The van der Waals surface area contributed by atoms with E-state index in [0.717, 1.165) is 5.56 Å². The van der Waals surface area contributed by atoms with Gasteiger partial charge in [0.05, 0.1) is 12.9 Å². The smallest absolute Gasteiger partial charge is 0.340 e. The fraction of sp³-hybridized carbons (Fsp3) is 0.300. The van der Waals surface area contributed by atoms with Gasteiger partial charge in [0.25, 0.3) is 0 Å². The molecule has 0 aliphatic heterocycles. The van der Waals surface area contributed by atoms with E-state index in [2.05, 4.69) is 10.0 Å². The predicted molar refractivity (Wildman–Crippen MR) is 57.2 cm³/mol. The fourth-order valence-corrected chi connectivity index (χ4v) is 1.05. The second-order valence-electron chi connectivity index (χ2n) is 2.97. The first-order valence-electron chi connectivity index (χ1n) is 4.66. The topological polar surface area (TPSA) is 88.2 Å². The first-order chi connectivity index (χ1) is 7.67. The molecule has 0 unspecified atom stereocenters. The summed E-state index contributed by atoms with van der Waals surface area (Å²) in [6.07, 6.45) is 2.87. The first-order valence-corrected chi connectivity index (χ1v) is 4.66. The van der Waals surface area contributed by atoms with Gasteiger partial charge in [-0.25, -0.2) is 4.79 Å². The van der Waals surface area contributed by atoms with Gasteiger partial charge in [-0.1, -0.05) is 5.11 Å². The Bertz CT molecular complexity index is 456. The molecule has 0 aliphatic carbocycles. The Morgan fingerprint density at radius 1 is 1.75 bits per heavy atom. The van der Waals surface area contributed by atoms with Gasteiger partial charge in [-0.05, 0) is 37.1 Å². The molecular formula is C10H11N3O3. The van der Waals surface area contributed by atoms with Crippen LogP contribution in [0.25, 0.3) is 16.5 Å². The monoisotopic (exact) mass is 221 g/mol. The van der Waals surface area contributed by atoms with Gasteiger partial charge < -0.3 is 9.15 Å². The van der Waals surface area contributed by atoms with E-state index in [1.54, 1.807) is 13.0 Å². The Hall–Kier alpha value is -2.20. The first kappa shape index (κ1) is 11.9. The molecule has 1 heterocycles. The van der Waals surface area contributed by atoms with Crippen LogP contribution in [0.5, 0.6) is 0 Å². The van der Waals surface area contributed by atoms with E-state index in [-0.39, 0.29) is 12.3 Å². The highest BCUT2D eigenvalue weighted by molar-refractivity contribution is 5.92. The van der Waals surface area contributed by atoms with Crippen molar-refractivity contribution in [3.63, 3.8) is 0 Å². The van der Waals surface area contributed by atoms with Crippen molar-refractivity contribution in [3.05, 3.63) is 39.8 Å². The summed E-state index contributed by atoms with van der Waals surface area (Å²) >= 11 is 0. The fourth-order valence-electron chi connectivity index (χ4n) is 1.05. The average Bonchev–Trinajstić information content (AvgIpc) is 2.64. The molecule has 84 valence electrons. The lowest BCUT2D eigenvalue weighted by Gasteiger charge is -1.99. The van der Waals surface area contributed by atoms with E-state index in [4.69, 9.17) is 14.7 Å². The molecule has 1 rings (SSSR count). The summed E-state index contributed by atoms with van der Waals surface area (Å²) in [4.78, 5) is 13.9. The molecule has 1 aromatic heterocycles. The molecule has 0 N–H and O–H groups in total. The molecule has 0 aliphatic rings. The van der Waals surface area contributed by atoms with Crippen LogP contribution in [-0.4, -0.2) is 12.6 Å². The number of hydrogen-bond donors (Lipinski definition) is 0. The highest BCUT2D eigenvalue weighted by Gasteiger charge is 2.09. The number of ether oxygens (including phenoxy) is 1. The summed E-state index contributed by atoms with van der Waals surface area (Å²) < 4.78 is 9.82. The third-order valence-corrected chi connectivity index (χ3v) is 1.67. The number of rotatable bonds is 4. The Morgan fingerprint density at radius 3 is 3.00 bits per heavy atom. The van der Waals surface area contributed by atoms with Crippen LogP contribution < -0.4 is 0 Å². The van der Waals surface area contributed by atoms with E-state index in [1.807, 2.05) is 6.92 Å². The number of aryl methyl sites for hydroxylation is 1. The summed E-state index contributed by atoms with van der Waals surface area (Å²) in [7, 11) is 0. The highest BCUT2D eigenvalue weighted by Crippen LogP contribution is 2.13. The molecule has 1 aromatic rings. The average molecular weight is 221 g/mol. The van der Waals surface area contributed by atoms with Gasteiger partial charge in [0.15, 0.2) is 0 Å². The minimum atomic E-state index is -0.672. The summed E-state index contributed by atoms with van der Waals surface area (Å²) in [6, 6.07) is 1.71. The van der Waals surface area contributed by atoms with Crippen molar-refractivity contribution in [1.29, 1.82) is 0 Å². The molecule has 6 nitrogen and oxygen atoms in total. The SMILES string of the molecule is CCOC(=O)C(=Cc1cc(C)co1)N=[N+]=[N-]. The van der Waals surface area contributed by atoms with Crippen LogP contribution >= 0.6 is 0 Å². The van der Waals surface area contributed by atoms with Crippen molar-refractivity contribution in [2.75, 3.05) is 6.61 Å². The lowest BCUT2D eigenvalue weighted by Crippen LogP contribution is -2.05. The number of hydrogen-bond acceptors (Lipinski definition) is 4. The largest absolute Gasteiger partial charge is 0.465 e. The zero-order valence-electron chi connectivity index (χ0n) is 9.01. The molecule has 0 bridgehead atoms. The van der Waals surface area contributed by atoms with E-state index in [0.29, 0.717) is 5.76 Å². The highest BCUT2D eigenvalue weighted by atomic mass is 16.5. The maximum Gasteiger partial charge on any atom is 0.340 e. The summed E-state index contributed by atoms with van der Waals surface area (Å²) in [5, 5.41) is 3.25. The Balaban J connectivity index is 2.97.